The summed E-state index contributed by atoms with van der Waals surface area (Å²) in [6.45, 7) is 3.07. The highest BCUT2D eigenvalue weighted by Gasteiger charge is 2.31. The van der Waals surface area contributed by atoms with Crippen molar-refractivity contribution in [2.75, 3.05) is 13.7 Å². The standard InChI is InChI=1S/C8H16N2O4/c1-4-8(2,13-3)7(12)10-14-5-6(9)11/h4-5H2,1-3H3,(H2,9,11)(H,10,12). The van der Waals surface area contributed by atoms with E-state index < -0.39 is 17.4 Å². The van der Waals surface area contributed by atoms with Crippen molar-refractivity contribution in [1.82, 2.24) is 5.48 Å². The zero-order valence-electron chi connectivity index (χ0n) is 8.62. The number of nitrogens with two attached hydrogens (primary N) is 1. The van der Waals surface area contributed by atoms with E-state index in [1.807, 2.05) is 0 Å². The second-order valence-electron chi connectivity index (χ2n) is 2.97. The summed E-state index contributed by atoms with van der Waals surface area (Å²) in [4.78, 5) is 26.2. The second-order valence-corrected chi connectivity index (χ2v) is 2.97. The monoisotopic (exact) mass is 204 g/mol. The van der Waals surface area contributed by atoms with E-state index in [2.05, 4.69) is 10.3 Å². The summed E-state index contributed by atoms with van der Waals surface area (Å²) >= 11 is 0. The number of methoxy groups -OCH3 is 1. The van der Waals surface area contributed by atoms with Crippen LogP contribution in [0.1, 0.15) is 20.3 Å². The van der Waals surface area contributed by atoms with Gasteiger partial charge in [0.15, 0.2) is 6.61 Å². The van der Waals surface area contributed by atoms with E-state index in [1.54, 1.807) is 13.8 Å². The van der Waals surface area contributed by atoms with E-state index in [-0.39, 0.29) is 6.61 Å². The number of carbonyl (C=O) groups excluding carboxylic acids is 2. The number of primary amides is 1. The number of hydroxylamine groups is 1. The minimum absolute atomic E-state index is 0.352. The average molecular weight is 204 g/mol. The van der Waals surface area contributed by atoms with Crippen molar-refractivity contribution >= 4 is 11.8 Å². The lowest BCUT2D eigenvalue weighted by atomic mass is 10.0. The van der Waals surface area contributed by atoms with Crippen molar-refractivity contribution < 1.29 is 19.2 Å². The maximum atomic E-state index is 11.4. The zero-order valence-corrected chi connectivity index (χ0v) is 8.62. The molecule has 2 amide bonds. The molecule has 0 aromatic carbocycles. The third kappa shape index (κ3) is 3.71. The first-order valence-electron chi connectivity index (χ1n) is 4.22. The smallest absolute Gasteiger partial charge is 0.275 e. The molecule has 0 aliphatic rings. The van der Waals surface area contributed by atoms with Crippen molar-refractivity contribution in [1.29, 1.82) is 0 Å². The molecule has 0 aromatic rings. The van der Waals surface area contributed by atoms with Crippen LogP contribution >= 0.6 is 0 Å². The predicted molar refractivity (Wildman–Crippen MR) is 49.0 cm³/mol. The third-order valence-corrected chi connectivity index (χ3v) is 1.98. The Morgan fingerprint density at radius 2 is 2.07 bits per heavy atom. The van der Waals surface area contributed by atoms with Crippen LogP contribution in [-0.4, -0.2) is 31.1 Å². The van der Waals surface area contributed by atoms with Crippen LogP contribution in [-0.2, 0) is 19.2 Å². The fraction of sp³-hybridized carbons (Fsp3) is 0.750. The van der Waals surface area contributed by atoms with E-state index in [0.29, 0.717) is 6.42 Å². The van der Waals surface area contributed by atoms with Crippen LogP contribution < -0.4 is 11.2 Å². The fourth-order valence-electron chi connectivity index (χ4n) is 0.678. The van der Waals surface area contributed by atoms with Crippen molar-refractivity contribution in [3.05, 3.63) is 0 Å². The van der Waals surface area contributed by atoms with Gasteiger partial charge in [0.1, 0.15) is 5.60 Å². The summed E-state index contributed by atoms with van der Waals surface area (Å²) < 4.78 is 5.00. The minimum Gasteiger partial charge on any atom is -0.369 e. The molecule has 0 aliphatic carbocycles. The van der Waals surface area contributed by atoms with Crippen molar-refractivity contribution in [2.24, 2.45) is 5.73 Å². The molecule has 6 nitrogen and oxygen atoms in total. The minimum atomic E-state index is -0.947. The Hall–Kier alpha value is -1.14. The highest BCUT2D eigenvalue weighted by molar-refractivity contribution is 5.84. The molecule has 6 heteroatoms. The van der Waals surface area contributed by atoms with E-state index >= 15 is 0 Å². The molecule has 1 unspecified atom stereocenters. The summed E-state index contributed by atoms with van der Waals surface area (Å²) in [5.74, 6) is -1.09. The lowest BCUT2D eigenvalue weighted by molar-refractivity contribution is -0.156. The highest BCUT2D eigenvalue weighted by Crippen LogP contribution is 2.13. The summed E-state index contributed by atoms with van der Waals surface area (Å²) in [5.41, 5.74) is 5.95. The maximum absolute atomic E-state index is 11.4. The first kappa shape index (κ1) is 12.9. The maximum Gasteiger partial charge on any atom is 0.275 e. The topological polar surface area (TPSA) is 90.7 Å². The molecule has 1 atom stereocenters. The Labute approximate surface area is 82.7 Å². The van der Waals surface area contributed by atoms with Gasteiger partial charge < -0.3 is 10.5 Å². The van der Waals surface area contributed by atoms with Gasteiger partial charge >= 0.3 is 0 Å². The molecule has 0 aliphatic heterocycles. The number of rotatable bonds is 6. The molecule has 0 saturated heterocycles. The van der Waals surface area contributed by atoms with Gasteiger partial charge in [0, 0.05) is 7.11 Å². The molecule has 3 N–H and O–H groups in total. The van der Waals surface area contributed by atoms with Crippen LogP contribution in [0, 0.1) is 0 Å². The molecule has 0 bridgehead atoms. The van der Waals surface area contributed by atoms with Gasteiger partial charge in [0.05, 0.1) is 0 Å². The first-order valence-corrected chi connectivity index (χ1v) is 4.22. The van der Waals surface area contributed by atoms with Crippen LogP contribution in [0.5, 0.6) is 0 Å². The lowest BCUT2D eigenvalue weighted by Gasteiger charge is -2.24. The highest BCUT2D eigenvalue weighted by atomic mass is 16.7. The van der Waals surface area contributed by atoms with Gasteiger partial charge in [-0.05, 0) is 13.3 Å². The third-order valence-electron chi connectivity index (χ3n) is 1.98. The fourth-order valence-corrected chi connectivity index (χ4v) is 0.678. The van der Waals surface area contributed by atoms with Gasteiger partial charge in [0.25, 0.3) is 5.91 Å². The Kier molecular flexibility index (Phi) is 5.11. The molecule has 0 radical (unpaired) electrons. The number of nitrogens with one attached hydrogen (secondary N) is 1. The molecule has 0 fully saturated rings. The molecule has 0 heterocycles. The second kappa shape index (κ2) is 5.56. The Morgan fingerprint density at radius 1 is 1.50 bits per heavy atom. The quantitative estimate of drug-likeness (QED) is 0.562. The van der Waals surface area contributed by atoms with E-state index in [9.17, 15) is 9.59 Å². The van der Waals surface area contributed by atoms with Crippen LogP contribution in [0.25, 0.3) is 0 Å². The molecule has 0 rings (SSSR count). The molecule has 0 saturated carbocycles. The SMILES string of the molecule is CCC(C)(OC)C(=O)NOCC(N)=O. The van der Waals surface area contributed by atoms with E-state index in [0.717, 1.165) is 0 Å². The average Bonchev–Trinajstić information content (AvgIpc) is 2.15. The van der Waals surface area contributed by atoms with Crippen molar-refractivity contribution in [2.45, 2.75) is 25.9 Å². The summed E-state index contributed by atoms with van der Waals surface area (Å²) in [5, 5.41) is 0. The molecular weight excluding hydrogens is 188 g/mol. The molecule has 82 valence electrons. The largest absolute Gasteiger partial charge is 0.369 e. The Morgan fingerprint density at radius 3 is 2.43 bits per heavy atom. The summed E-state index contributed by atoms with van der Waals surface area (Å²) in [6, 6.07) is 0. The Balaban J connectivity index is 4.00. The van der Waals surface area contributed by atoms with Crippen LogP contribution in [0.4, 0.5) is 0 Å². The summed E-state index contributed by atoms with van der Waals surface area (Å²) in [6.07, 6.45) is 0.495. The summed E-state index contributed by atoms with van der Waals surface area (Å²) in [7, 11) is 1.43. The number of hydrogen-bond acceptors (Lipinski definition) is 4. The zero-order chi connectivity index (χ0) is 11.2. The van der Waals surface area contributed by atoms with Gasteiger partial charge in [0.2, 0.25) is 5.91 Å². The normalized spacial score (nSPS) is 14.5. The lowest BCUT2D eigenvalue weighted by Crippen LogP contribution is -2.46. The molecule has 0 aromatic heterocycles. The van der Waals surface area contributed by atoms with Gasteiger partial charge in [-0.2, -0.15) is 0 Å². The number of carbonyl (C=O) groups is 2. The van der Waals surface area contributed by atoms with Crippen molar-refractivity contribution in [3.63, 3.8) is 0 Å². The molecule has 0 spiro atoms. The van der Waals surface area contributed by atoms with Crippen LogP contribution in [0.3, 0.4) is 0 Å². The van der Waals surface area contributed by atoms with E-state index in [4.69, 9.17) is 10.5 Å². The number of amides is 2. The van der Waals surface area contributed by atoms with Gasteiger partial charge in [-0.3, -0.25) is 14.4 Å². The number of ether oxygens (including phenoxy) is 1. The van der Waals surface area contributed by atoms with E-state index in [1.165, 1.54) is 7.11 Å². The van der Waals surface area contributed by atoms with Gasteiger partial charge in [-0.25, -0.2) is 5.48 Å². The number of hydrogen-bond donors (Lipinski definition) is 2. The molecular formula is C8H16N2O4. The molecule has 14 heavy (non-hydrogen) atoms. The Bertz CT molecular complexity index is 213. The van der Waals surface area contributed by atoms with Crippen LogP contribution in [0.2, 0.25) is 0 Å². The van der Waals surface area contributed by atoms with Crippen LogP contribution in [0.15, 0.2) is 0 Å². The predicted octanol–water partition coefficient (Wildman–Crippen LogP) is -0.665. The van der Waals surface area contributed by atoms with Gasteiger partial charge in [-0.1, -0.05) is 6.92 Å². The van der Waals surface area contributed by atoms with Gasteiger partial charge in [-0.15, -0.1) is 0 Å². The van der Waals surface area contributed by atoms with Crippen molar-refractivity contribution in [3.8, 4) is 0 Å². The first-order chi connectivity index (χ1) is 6.46.